The topological polar surface area (TPSA) is 12.0 Å². The molecule has 0 aromatic carbocycles. The van der Waals surface area contributed by atoms with Crippen LogP contribution in [0.2, 0.25) is 0 Å². The lowest BCUT2D eigenvalue weighted by Gasteiger charge is -2.30. The minimum atomic E-state index is 0.799. The molecule has 0 aromatic rings. The summed E-state index contributed by atoms with van der Waals surface area (Å²) in [7, 11) is 0. The van der Waals surface area contributed by atoms with E-state index in [-0.39, 0.29) is 0 Å². The van der Waals surface area contributed by atoms with E-state index in [0.717, 1.165) is 17.9 Å². The molecule has 1 rings (SSSR count). The zero-order valence-corrected chi connectivity index (χ0v) is 13.0. The van der Waals surface area contributed by atoms with E-state index in [1.807, 2.05) is 0 Å². The van der Waals surface area contributed by atoms with E-state index in [9.17, 15) is 0 Å². The van der Waals surface area contributed by atoms with Gasteiger partial charge in [-0.25, -0.2) is 0 Å². The van der Waals surface area contributed by atoms with Crippen molar-refractivity contribution in [1.29, 1.82) is 0 Å². The molecule has 1 unspecified atom stereocenters. The van der Waals surface area contributed by atoms with E-state index < -0.39 is 0 Å². The molecule has 1 fully saturated rings. The Labute approximate surface area is 115 Å². The van der Waals surface area contributed by atoms with Crippen molar-refractivity contribution in [2.45, 2.75) is 91.0 Å². The standard InChI is InChI=1S/C17H35N/c1-4-9-16(10-5-2)17(18-13-6-3)14-15-11-7-8-12-15/h15-18H,4-14H2,1-3H3. The molecule has 0 aliphatic heterocycles. The molecule has 1 N–H and O–H groups in total. The molecule has 108 valence electrons. The van der Waals surface area contributed by atoms with Crippen LogP contribution in [0.1, 0.15) is 85.0 Å². The van der Waals surface area contributed by atoms with Gasteiger partial charge in [0.1, 0.15) is 0 Å². The van der Waals surface area contributed by atoms with Gasteiger partial charge in [-0.3, -0.25) is 0 Å². The second kappa shape index (κ2) is 9.83. The van der Waals surface area contributed by atoms with Crippen LogP contribution in [-0.4, -0.2) is 12.6 Å². The number of hydrogen-bond acceptors (Lipinski definition) is 1. The zero-order valence-electron chi connectivity index (χ0n) is 13.0. The van der Waals surface area contributed by atoms with Crippen LogP contribution in [0.4, 0.5) is 0 Å². The predicted molar refractivity (Wildman–Crippen MR) is 82.0 cm³/mol. The van der Waals surface area contributed by atoms with Crippen LogP contribution in [0.15, 0.2) is 0 Å². The molecule has 1 heteroatoms. The first-order valence-corrected chi connectivity index (χ1v) is 8.55. The molecule has 0 radical (unpaired) electrons. The highest BCUT2D eigenvalue weighted by molar-refractivity contribution is 4.81. The highest BCUT2D eigenvalue weighted by atomic mass is 14.9. The molecule has 0 saturated heterocycles. The molecule has 1 aliphatic carbocycles. The maximum Gasteiger partial charge on any atom is 0.00979 e. The summed E-state index contributed by atoms with van der Waals surface area (Å²) in [5, 5.41) is 3.87. The van der Waals surface area contributed by atoms with Crippen LogP contribution in [0.5, 0.6) is 0 Å². The summed E-state index contributed by atoms with van der Waals surface area (Å²) in [5.41, 5.74) is 0. The van der Waals surface area contributed by atoms with Crippen LogP contribution in [0, 0.1) is 11.8 Å². The summed E-state index contributed by atoms with van der Waals surface area (Å²) in [4.78, 5) is 0. The second-order valence-corrected chi connectivity index (χ2v) is 6.28. The molecule has 0 amide bonds. The van der Waals surface area contributed by atoms with Crippen molar-refractivity contribution in [3.63, 3.8) is 0 Å². The Morgan fingerprint density at radius 1 is 0.944 bits per heavy atom. The number of nitrogens with one attached hydrogen (secondary N) is 1. The number of hydrogen-bond donors (Lipinski definition) is 1. The van der Waals surface area contributed by atoms with Crippen molar-refractivity contribution >= 4 is 0 Å². The second-order valence-electron chi connectivity index (χ2n) is 6.28. The third-order valence-corrected chi connectivity index (χ3v) is 4.61. The van der Waals surface area contributed by atoms with Crippen LogP contribution < -0.4 is 5.32 Å². The van der Waals surface area contributed by atoms with Gasteiger partial charge in [-0.1, -0.05) is 59.3 Å². The first-order chi connectivity index (χ1) is 8.81. The van der Waals surface area contributed by atoms with Gasteiger partial charge in [0, 0.05) is 6.04 Å². The number of rotatable bonds is 10. The molecule has 0 bridgehead atoms. The molecular weight excluding hydrogens is 218 g/mol. The van der Waals surface area contributed by atoms with Gasteiger partial charge < -0.3 is 5.32 Å². The molecule has 1 nitrogen and oxygen atoms in total. The zero-order chi connectivity index (χ0) is 13.2. The van der Waals surface area contributed by atoms with E-state index in [2.05, 4.69) is 26.1 Å². The van der Waals surface area contributed by atoms with E-state index in [1.165, 1.54) is 70.8 Å². The van der Waals surface area contributed by atoms with Crippen LogP contribution in [-0.2, 0) is 0 Å². The monoisotopic (exact) mass is 253 g/mol. The first-order valence-electron chi connectivity index (χ1n) is 8.55. The van der Waals surface area contributed by atoms with Gasteiger partial charge in [0.2, 0.25) is 0 Å². The lowest BCUT2D eigenvalue weighted by Crippen LogP contribution is -2.38. The molecule has 1 aliphatic rings. The summed E-state index contributed by atoms with van der Waals surface area (Å²) in [6.45, 7) is 8.18. The molecule has 1 atom stereocenters. The average Bonchev–Trinajstić information content (AvgIpc) is 2.87. The third kappa shape index (κ3) is 5.73. The van der Waals surface area contributed by atoms with Gasteiger partial charge in [0.25, 0.3) is 0 Å². The Morgan fingerprint density at radius 2 is 1.56 bits per heavy atom. The highest BCUT2D eigenvalue weighted by Crippen LogP contribution is 2.32. The third-order valence-electron chi connectivity index (χ3n) is 4.61. The van der Waals surface area contributed by atoms with Crippen molar-refractivity contribution in [3.05, 3.63) is 0 Å². The van der Waals surface area contributed by atoms with E-state index in [4.69, 9.17) is 0 Å². The maximum absolute atomic E-state index is 3.87. The Balaban J connectivity index is 2.48. The molecule has 0 spiro atoms. The van der Waals surface area contributed by atoms with Gasteiger partial charge in [0.15, 0.2) is 0 Å². The fourth-order valence-corrected chi connectivity index (χ4v) is 3.67. The first kappa shape index (κ1) is 16.0. The Kier molecular flexibility index (Phi) is 8.75. The Bertz CT molecular complexity index is 178. The smallest absolute Gasteiger partial charge is 0.00979 e. The fourth-order valence-electron chi connectivity index (χ4n) is 3.67. The maximum atomic E-state index is 3.87. The van der Waals surface area contributed by atoms with Gasteiger partial charge in [-0.05, 0) is 44.1 Å². The molecule has 0 heterocycles. The van der Waals surface area contributed by atoms with Gasteiger partial charge in [0.05, 0.1) is 0 Å². The minimum Gasteiger partial charge on any atom is -0.314 e. The van der Waals surface area contributed by atoms with Crippen LogP contribution in [0.25, 0.3) is 0 Å². The molecule has 18 heavy (non-hydrogen) atoms. The molecule has 0 aromatic heterocycles. The van der Waals surface area contributed by atoms with Crippen molar-refractivity contribution in [1.82, 2.24) is 5.32 Å². The molecule has 1 saturated carbocycles. The minimum absolute atomic E-state index is 0.799. The van der Waals surface area contributed by atoms with E-state index >= 15 is 0 Å². The Morgan fingerprint density at radius 3 is 2.06 bits per heavy atom. The van der Waals surface area contributed by atoms with Crippen molar-refractivity contribution in [2.75, 3.05) is 6.54 Å². The molecular formula is C17H35N. The summed E-state index contributed by atoms with van der Waals surface area (Å²) in [5.74, 6) is 1.95. The van der Waals surface area contributed by atoms with Crippen molar-refractivity contribution in [3.8, 4) is 0 Å². The summed E-state index contributed by atoms with van der Waals surface area (Å²) >= 11 is 0. The van der Waals surface area contributed by atoms with Gasteiger partial charge >= 0.3 is 0 Å². The van der Waals surface area contributed by atoms with E-state index in [0.29, 0.717) is 0 Å². The van der Waals surface area contributed by atoms with Crippen molar-refractivity contribution in [2.24, 2.45) is 11.8 Å². The quantitative estimate of drug-likeness (QED) is 0.567. The van der Waals surface area contributed by atoms with Gasteiger partial charge in [-0.2, -0.15) is 0 Å². The van der Waals surface area contributed by atoms with Crippen LogP contribution >= 0.6 is 0 Å². The highest BCUT2D eigenvalue weighted by Gasteiger charge is 2.25. The van der Waals surface area contributed by atoms with E-state index in [1.54, 1.807) is 0 Å². The normalized spacial score (nSPS) is 18.7. The summed E-state index contributed by atoms with van der Waals surface area (Å²) < 4.78 is 0. The SMILES string of the molecule is CCCNC(CC1CCCC1)C(CCC)CCC. The average molecular weight is 253 g/mol. The largest absolute Gasteiger partial charge is 0.314 e. The van der Waals surface area contributed by atoms with Crippen LogP contribution in [0.3, 0.4) is 0 Å². The Hall–Kier alpha value is -0.0400. The summed E-state index contributed by atoms with van der Waals surface area (Å²) in [6, 6.07) is 0.799. The lowest BCUT2D eigenvalue weighted by molar-refractivity contribution is 0.263. The lowest BCUT2D eigenvalue weighted by atomic mass is 9.84. The summed E-state index contributed by atoms with van der Waals surface area (Å²) in [6.07, 6.45) is 14.2. The van der Waals surface area contributed by atoms with Crippen molar-refractivity contribution < 1.29 is 0 Å². The fraction of sp³-hybridized carbons (Fsp3) is 1.00. The van der Waals surface area contributed by atoms with Gasteiger partial charge in [-0.15, -0.1) is 0 Å². The predicted octanol–water partition coefficient (Wildman–Crippen LogP) is 5.15.